The van der Waals surface area contributed by atoms with Crippen molar-refractivity contribution in [2.75, 3.05) is 5.73 Å². The molecule has 0 aliphatic heterocycles. The molecule has 2 aromatic rings. The Labute approximate surface area is 99.9 Å². The normalized spacial score (nSPS) is 12.2. The summed E-state index contributed by atoms with van der Waals surface area (Å²) >= 11 is 0. The molecule has 0 saturated carbocycles. The van der Waals surface area contributed by atoms with Crippen molar-refractivity contribution in [3.63, 3.8) is 0 Å². The van der Waals surface area contributed by atoms with Gasteiger partial charge in [-0.2, -0.15) is 13.2 Å². The molecule has 2 N–H and O–H groups in total. The minimum absolute atomic E-state index is 0.0544. The van der Waals surface area contributed by atoms with Crippen molar-refractivity contribution in [2.45, 2.75) is 6.18 Å². The molecule has 0 spiro atoms. The van der Waals surface area contributed by atoms with Crippen LogP contribution in [-0.4, -0.2) is 0 Å². The quantitative estimate of drug-likeness (QED) is 0.642. The van der Waals surface area contributed by atoms with Gasteiger partial charge in [0.25, 0.3) is 0 Å². The molecule has 1 heterocycles. The van der Waals surface area contributed by atoms with Gasteiger partial charge < -0.3 is 10.2 Å². The summed E-state index contributed by atoms with van der Waals surface area (Å²) in [6, 6.07) is 5.97. The van der Waals surface area contributed by atoms with E-state index in [4.69, 9.17) is 10.2 Å². The van der Waals surface area contributed by atoms with Gasteiger partial charge in [-0.15, -0.1) is 10.2 Å². The van der Waals surface area contributed by atoms with Gasteiger partial charge in [-0.05, 0) is 24.3 Å². The predicted molar refractivity (Wildman–Crippen MR) is 58.7 cm³/mol. The molecule has 18 heavy (non-hydrogen) atoms. The number of alkyl halides is 3. The maximum Gasteiger partial charge on any atom is 0.416 e. The van der Waals surface area contributed by atoms with Crippen LogP contribution >= 0.6 is 0 Å². The van der Waals surface area contributed by atoms with Crippen molar-refractivity contribution in [1.82, 2.24) is 0 Å². The van der Waals surface area contributed by atoms with Gasteiger partial charge in [-0.25, -0.2) is 0 Å². The van der Waals surface area contributed by atoms with Gasteiger partial charge in [-0.3, -0.25) is 0 Å². The molecule has 0 aliphatic carbocycles. The van der Waals surface area contributed by atoms with Crippen LogP contribution in [0.2, 0.25) is 0 Å². The van der Waals surface area contributed by atoms with Crippen LogP contribution in [-0.2, 0) is 6.18 Å². The van der Waals surface area contributed by atoms with E-state index < -0.39 is 11.7 Å². The second kappa shape index (κ2) is 4.52. The average Bonchev–Trinajstić information content (AvgIpc) is 2.79. The molecule has 0 atom stereocenters. The van der Waals surface area contributed by atoms with Crippen LogP contribution in [0, 0.1) is 0 Å². The Morgan fingerprint density at radius 1 is 1.11 bits per heavy atom. The number of azo groups is 1. The van der Waals surface area contributed by atoms with E-state index in [1.54, 1.807) is 6.07 Å². The second-order valence-corrected chi connectivity index (χ2v) is 3.42. The van der Waals surface area contributed by atoms with Crippen LogP contribution in [0.1, 0.15) is 5.56 Å². The Bertz CT molecular complexity index is 561. The summed E-state index contributed by atoms with van der Waals surface area (Å²) in [6.45, 7) is 0. The lowest BCUT2D eigenvalue weighted by Crippen LogP contribution is -2.04. The summed E-state index contributed by atoms with van der Waals surface area (Å²) in [6.07, 6.45) is -3.06. The van der Waals surface area contributed by atoms with Crippen LogP contribution in [0.4, 0.5) is 30.4 Å². The van der Waals surface area contributed by atoms with Gasteiger partial charge in [0.05, 0.1) is 17.5 Å². The number of nitrogens with two attached hydrogens (primary N) is 1. The van der Waals surface area contributed by atoms with E-state index in [9.17, 15) is 13.2 Å². The standard InChI is InChI=1S/C11H8F3N3O/c12-11(13,14)7-3-4-8(15)9(6-7)16-17-10-2-1-5-18-10/h1-6H,15H2. The Morgan fingerprint density at radius 2 is 1.89 bits per heavy atom. The monoisotopic (exact) mass is 255 g/mol. The highest BCUT2D eigenvalue weighted by molar-refractivity contribution is 5.63. The fraction of sp³-hybridized carbons (Fsp3) is 0.0909. The van der Waals surface area contributed by atoms with E-state index in [1.165, 1.54) is 12.3 Å². The number of furan rings is 1. The first-order valence-electron chi connectivity index (χ1n) is 4.89. The lowest BCUT2D eigenvalue weighted by Gasteiger charge is -2.07. The van der Waals surface area contributed by atoms with Crippen LogP contribution in [0.15, 0.2) is 51.2 Å². The number of benzene rings is 1. The lowest BCUT2D eigenvalue weighted by atomic mass is 10.2. The zero-order chi connectivity index (χ0) is 13.2. The predicted octanol–water partition coefficient (Wildman–Crippen LogP) is 4.30. The summed E-state index contributed by atoms with van der Waals surface area (Å²) in [4.78, 5) is 0. The Kier molecular flexibility index (Phi) is 3.05. The molecule has 0 amide bonds. The van der Waals surface area contributed by atoms with Gasteiger partial charge in [-0.1, -0.05) is 0 Å². The van der Waals surface area contributed by atoms with Crippen LogP contribution in [0.25, 0.3) is 0 Å². The fourth-order valence-electron chi connectivity index (χ4n) is 1.24. The molecular weight excluding hydrogens is 247 g/mol. The van der Waals surface area contributed by atoms with Crippen LogP contribution in [0.5, 0.6) is 0 Å². The van der Waals surface area contributed by atoms with Crippen LogP contribution in [0.3, 0.4) is 0 Å². The highest BCUT2D eigenvalue weighted by Crippen LogP contribution is 2.34. The maximum absolute atomic E-state index is 12.5. The second-order valence-electron chi connectivity index (χ2n) is 3.42. The van der Waals surface area contributed by atoms with E-state index >= 15 is 0 Å². The average molecular weight is 255 g/mol. The summed E-state index contributed by atoms with van der Waals surface area (Å²) in [5.41, 5.74) is 4.75. The van der Waals surface area contributed by atoms with E-state index in [1.807, 2.05) is 0 Å². The summed E-state index contributed by atoms with van der Waals surface area (Å²) in [5.74, 6) is 0.187. The molecule has 1 aromatic carbocycles. The molecule has 0 saturated heterocycles. The molecule has 0 fully saturated rings. The number of nitrogen functional groups attached to an aromatic ring is 1. The number of anilines is 1. The number of halogens is 3. The van der Waals surface area contributed by atoms with Gasteiger partial charge in [0.1, 0.15) is 5.69 Å². The zero-order valence-electron chi connectivity index (χ0n) is 8.98. The molecule has 94 valence electrons. The van der Waals surface area contributed by atoms with Crippen molar-refractivity contribution in [1.29, 1.82) is 0 Å². The largest absolute Gasteiger partial charge is 0.445 e. The Balaban J connectivity index is 2.33. The number of hydrogen-bond donors (Lipinski definition) is 1. The first-order valence-corrected chi connectivity index (χ1v) is 4.89. The van der Waals surface area contributed by atoms with E-state index in [2.05, 4.69) is 10.2 Å². The molecule has 0 bridgehead atoms. The lowest BCUT2D eigenvalue weighted by molar-refractivity contribution is -0.137. The highest BCUT2D eigenvalue weighted by atomic mass is 19.4. The molecule has 4 nitrogen and oxygen atoms in total. The molecular formula is C11H8F3N3O. The van der Waals surface area contributed by atoms with Crippen molar-refractivity contribution in [3.8, 4) is 0 Å². The third kappa shape index (κ3) is 2.68. The summed E-state index contributed by atoms with van der Waals surface area (Å²) in [7, 11) is 0. The van der Waals surface area contributed by atoms with Crippen molar-refractivity contribution < 1.29 is 17.6 Å². The van der Waals surface area contributed by atoms with Gasteiger partial charge in [0.2, 0.25) is 5.88 Å². The topological polar surface area (TPSA) is 63.9 Å². The first kappa shape index (κ1) is 12.2. The maximum atomic E-state index is 12.5. The van der Waals surface area contributed by atoms with Gasteiger partial charge in [0.15, 0.2) is 0 Å². The van der Waals surface area contributed by atoms with Crippen LogP contribution < -0.4 is 5.73 Å². The molecule has 0 radical (unpaired) electrons. The van der Waals surface area contributed by atoms with E-state index in [0.29, 0.717) is 0 Å². The third-order valence-corrected chi connectivity index (χ3v) is 2.12. The highest BCUT2D eigenvalue weighted by Gasteiger charge is 2.30. The third-order valence-electron chi connectivity index (χ3n) is 2.12. The zero-order valence-corrected chi connectivity index (χ0v) is 8.98. The molecule has 0 unspecified atom stereocenters. The van der Waals surface area contributed by atoms with Crippen molar-refractivity contribution >= 4 is 17.3 Å². The summed E-state index contributed by atoms with van der Waals surface area (Å²) < 4.78 is 42.3. The number of rotatable bonds is 2. The van der Waals surface area contributed by atoms with Gasteiger partial charge >= 0.3 is 6.18 Å². The molecule has 2 rings (SSSR count). The smallest absolute Gasteiger partial charge is 0.416 e. The Morgan fingerprint density at radius 3 is 2.50 bits per heavy atom. The summed E-state index contributed by atoms with van der Waals surface area (Å²) in [5, 5.41) is 7.26. The minimum Gasteiger partial charge on any atom is -0.445 e. The van der Waals surface area contributed by atoms with E-state index in [-0.39, 0.29) is 17.3 Å². The first-order chi connectivity index (χ1) is 8.47. The molecule has 7 heteroatoms. The van der Waals surface area contributed by atoms with Crippen molar-refractivity contribution in [3.05, 3.63) is 42.2 Å². The fourth-order valence-corrected chi connectivity index (χ4v) is 1.24. The Hall–Kier alpha value is -2.31. The molecule has 0 aliphatic rings. The number of nitrogens with zero attached hydrogens (tertiary/aromatic N) is 2. The van der Waals surface area contributed by atoms with Gasteiger partial charge in [0, 0.05) is 6.07 Å². The van der Waals surface area contributed by atoms with E-state index in [0.717, 1.165) is 18.2 Å². The number of hydrogen-bond acceptors (Lipinski definition) is 4. The molecule has 1 aromatic heterocycles. The SMILES string of the molecule is Nc1ccc(C(F)(F)F)cc1N=Nc1ccco1. The van der Waals surface area contributed by atoms with Crippen molar-refractivity contribution in [2.24, 2.45) is 10.2 Å². The minimum atomic E-state index is -4.44.